The number of nitrogens with zero attached hydrogens (tertiary/aromatic N) is 2. The van der Waals surface area contributed by atoms with Gasteiger partial charge in [0.15, 0.2) is 5.82 Å². The molecule has 4 N–H and O–H groups in total. The number of hydrogen-bond donors (Lipinski definition) is 4. The van der Waals surface area contributed by atoms with Crippen LogP contribution in [0.5, 0.6) is 0 Å². The van der Waals surface area contributed by atoms with Gasteiger partial charge < -0.3 is 20.5 Å². The molecule has 174 valence electrons. The number of aliphatic hydroxyl groups is 1. The van der Waals surface area contributed by atoms with Crippen LogP contribution in [-0.4, -0.2) is 46.2 Å². The Bertz CT molecular complexity index is 1030. The Hall–Kier alpha value is -3.34. The Morgan fingerprint density at radius 2 is 1.85 bits per heavy atom. The molecule has 0 aliphatic heterocycles. The highest BCUT2D eigenvalue weighted by atomic mass is 32.1. The molecular weight excluding hydrogens is 442 g/mol. The van der Waals surface area contributed by atoms with E-state index >= 15 is 0 Å². The van der Waals surface area contributed by atoms with Gasteiger partial charge in [0.1, 0.15) is 0 Å². The summed E-state index contributed by atoms with van der Waals surface area (Å²) < 4.78 is 8.85. The summed E-state index contributed by atoms with van der Waals surface area (Å²) in [6.45, 7) is 3.18. The lowest BCUT2D eigenvalue weighted by molar-refractivity contribution is -0.115. The maximum atomic E-state index is 12.3. The van der Waals surface area contributed by atoms with Crippen molar-refractivity contribution < 1.29 is 19.4 Å². The van der Waals surface area contributed by atoms with Gasteiger partial charge in [-0.3, -0.25) is 10.1 Å². The standard InChI is InChI=1S/C23H27N5O4S/c1-2-32-23(31)27-22-26-20(28-33-22)14-21(30)25-18-10-8-16(9-11-18)12-13-24-15-19(29)17-6-4-3-5-7-17/h3-11,19,24,29H,2,12-15H2,1H3,(H,25,30)(H,26,27,28,31)/t19-/m0/s1. The quantitative estimate of drug-likeness (QED) is 0.318. The van der Waals surface area contributed by atoms with Gasteiger partial charge in [-0.2, -0.15) is 4.37 Å². The molecule has 3 rings (SSSR count). The summed E-state index contributed by atoms with van der Waals surface area (Å²) in [5, 5.41) is 19.0. The Morgan fingerprint density at radius 3 is 2.58 bits per heavy atom. The Labute approximate surface area is 196 Å². The summed E-state index contributed by atoms with van der Waals surface area (Å²) in [7, 11) is 0. The van der Waals surface area contributed by atoms with E-state index in [2.05, 4.69) is 25.3 Å². The lowest BCUT2D eigenvalue weighted by Crippen LogP contribution is -2.23. The van der Waals surface area contributed by atoms with Crippen LogP contribution in [0.1, 0.15) is 30.0 Å². The number of carbonyl (C=O) groups excluding carboxylic acids is 2. The average molecular weight is 470 g/mol. The Morgan fingerprint density at radius 1 is 1.09 bits per heavy atom. The van der Waals surface area contributed by atoms with Crippen molar-refractivity contribution in [2.75, 3.05) is 30.3 Å². The molecule has 2 aromatic carbocycles. The first kappa shape index (κ1) is 24.3. The summed E-state index contributed by atoms with van der Waals surface area (Å²) in [5.74, 6) is 0.0736. The molecule has 0 bridgehead atoms. The molecule has 1 heterocycles. The molecule has 0 spiro atoms. The fourth-order valence-corrected chi connectivity index (χ4v) is 3.57. The van der Waals surface area contributed by atoms with Crippen molar-refractivity contribution in [3.63, 3.8) is 0 Å². The van der Waals surface area contributed by atoms with Gasteiger partial charge in [-0.1, -0.05) is 42.5 Å². The normalized spacial score (nSPS) is 11.6. The third-order valence-electron chi connectivity index (χ3n) is 4.62. The van der Waals surface area contributed by atoms with Crippen LogP contribution in [0.4, 0.5) is 15.6 Å². The molecule has 0 saturated carbocycles. The monoisotopic (exact) mass is 469 g/mol. The molecular formula is C23H27N5O4S. The molecule has 33 heavy (non-hydrogen) atoms. The molecule has 0 aliphatic rings. The molecule has 2 amide bonds. The van der Waals surface area contributed by atoms with Crippen LogP contribution in [0.25, 0.3) is 0 Å². The highest BCUT2D eigenvalue weighted by Crippen LogP contribution is 2.14. The lowest BCUT2D eigenvalue weighted by Gasteiger charge is -2.12. The van der Waals surface area contributed by atoms with Crippen molar-refractivity contribution >= 4 is 34.4 Å². The fourth-order valence-electron chi connectivity index (χ4n) is 3.00. The minimum absolute atomic E-state index is 0.00355. The third-order valence-corrected chi connectivity index (χ3v) is 5.29. The Balaban J connectivity index is 1.38. The molecule has 0 fully saturated rings. The number of aromatic nitrogens is 2. The van der Waals surface area contributed by atoms with Crippen molar-refractivity contribution in [2.45, 2.75) is 25.9 Å². The van der Waals surface area contributed by atoms with Crippen molar-refractivity contribution in [2.24, 2.45) is 0 Å². The second-order valence-electron chi connectivity index (χ2n) is 7.16. The molecule has 0 radical (unpaired) electrons. The summed E-state index contributed by atoms with van der Waals surface area (Å²) in [4.78, 5) is 27.8. The zero-order valence-corrected chi connectivity index (χ0v) is 19.1. The van der Waals surface area contributed by atoms with Gasteiger partial charge in [0, 0.05) is 23.8 Å². The molecule has 10 heteroatoms. The molecule has 1 atom stereocenters. The van der Waals surface area contributed by atoms with E-state index in [-0.39, 0.29) is 24.1 Å². The second kappa shape index (κ2) is 12.6. The van der Waals surface area contributed by atoms with Crippen molar-refractivity contribution in [3.05, 3.63) is 71.5 Å². The summed E-state index contributed by atoms with van der Waals surface area (Å²) >= 11 is 0.989. The summed E-state index contributed by atoms with van der Waals surface area (Å²) in [6, 6.07) is 17.1. The van der Waals surface area contributed by atoms with Gasteiger partial charge >= 0.3 is 6.09 Å². The van der Waals surface area contributed by atoms with E-state index in [9.17, 15) is 14.7 Å². The molecule has 0 saturated heterocycles. The largest absolute Gasteiger partial charge is 0.450 e. The van der Waals surface area contributed by atoms with E-state index in [0.29, 0.717) is 18.1 Å². The SMILES string of the molecule is CCOC(=O)Nc1nc(CC(=O)Nc2ccc(CCNC[C@H](O)c3ccccc3)cc2)ns1. The molecule has 3 aromatic rings. The highest BCUT2D eigenvalue weighted by molar-refractivity contribution is 7.09. The van der Waals surface area contributed by atoms with Crippen LogP contribution >= 0.6 is 11.5 Å². The smallest absolute Gasteiger partial charge is 0.413 e. The van der Waals surface area contributed by atoms with Crippen LogP contribution < -0.4 is 16.0 Å². The molecule has 1 aromatic heterocycles. The van der Waals surface area contributed by atoms with Crippen LogP contribution in [0.15, 0.2) is 54.6 Å². The number of aliphatic hydroxyl groups excluding tert-OH is 1. The zero-order valence-electron chi connectivity index (χ0n) is 18.3. The number of benzene rings is 2. The summed E-state index contributed by atoms with van der Waals surface area (Å²) in [5.41, 5.74) is 2.69. The van der Waals surface area contributed by atoms with Crippen molar-refractivity contribution in [3.8, 4) is 0 Å². The topological polar surface area (TPSA) is 125 Å². The third kappa shape index (κ3) is 8.26. The van der Waals surface area contributed by atoms with Crippen LogP contribution in [0.3, 0.4) is 0 Å². The van der Waals surface area contributed by atoms with Gasteiger partial charge in [0.25, 0.3) is 0 Å². The van der Waals surface area contributed by atoms with Crippen molar-refractivity contribution in [1.29, 1.82) is 0 Å². The maximum absolute atomic E-state index is 12.3. The predicted octanol–water partition coefficient (Wildman–Crippen LogP) is 3.15. The highest BCUT2D eigenvalue weighted by Gasteiger charge is 2.12. The van der Waals surface area contributed by atoms with Gasteiger partial charge in [0.05, 0.1) is 19.1 Å². The van der Waals surface area contributed by atoms with Crippen molar-refractivity contribution in [1.82, 2.24) is 14.7 Å². The predicted molar refractivity (Wildman–Crippen MR) is 127 cm³/mol. The molecule has 9 nitrogen and oxygen atoms in total. The minimum Gasteiger partial charge on any atom is -0.450 e. The number of ether oxygens (including phenoxy) is 1. The first-order valence-electron chi connectivity index (χ1n) is 10.6. The second-order valence-corrected chi connectivity index (χ2v) is 7.92. The fraction of sp³-hybridized carbons (Fsp3) is 0.304. The maximum Gasteiger partial charge on any atom is 0.413 e. The van der Waals surface area contributed by atoms with Crippen LogP contribution in [0.2, 0.25) is 0 Å². The lowest BCUT2D eigenvalue weighted by atomic mass is 10.1. The number of amides is 2. The van der Waals surface area contributed by atoms with E-state index in [1.807, 2.05) is 54.6 Å². The number of nitrogens with one attached hydrogen (secondary N) is 3. The minimum atomic E-state index is -0.604. The van der Waals surface area contributed by atoms with Gasteiger partial charge in [-0.15, -0.1) is 0 Å². The van der Waals surface area contributed by atoms with E-state index in [0.717, 1.165) is 35.6 Å². The average Bonchev–Trinajstić information content (AvgIpc) is 3.24. The van der Waals surface area contributed by atoms with Gasteiger partial charge in [0.2, 0.25) is 11.0 Å². The van der Waals surface area contributed by atoms with Crippen LogP contribution in [-0.2, 0) is 22.4 Å². The zero-order chi connectivity index (χ0) is 23.5. The van der Waals surface area contributed by atoms with E-state index in [1.165, 1.54) is 0 Å². The van der Waals surface area contributed by atoms with Gasteiger partial charge in [-0.25, -0.2) is 9.78 Å². The number of carbonyl (C=O) groups is 2. The number of anilines is 2. The van der Waals surface area contributed by atoms with Gasteiger partial charge in [-0.05, 0) is 43.1 Å². The Kier molecular flexibility index (Phi) is 9.31. The summed E-state index contributed by atoms with van der Waals surface area (Å²) in [6.07, 6.45) is -0.342. The molecule has 0 unspecified atom stereocenters. The molecule has 0 aliphatic carbocycles. The number of hydrogen-bond acceptors (Lipinski definition) is 8. The van der Waals surface area contributed by atoms with E-state index in [1.54, 1.807) is 6.92 Å². The first-order chi connectivity index (χ1) is 16.0. The van der Waals surface area contributed by atoms with E-state index in [4.69, 9.17) is 4.74 Å². The first-order valence-corrected chi connectivity index (χ1v) is 11.4. The van der Waals surface area contributed by atoms with Crippen LogP contribution in [0, 0.1) is 0 Å². The van der Waals surface area contributed by atoms with E-state index < -0.39 is 12.2 Å². The number of rotatable bonds is 11.